The number of nitrogens with one attached hydrogen (secondary N) is 1. The Kier molecular flexibility index (Phi) is 6.90. The van der Waals surface area contributed by atoms with Crippen molar-refractivity contribution in [2.45, 2.75) is 33.9 Å². The van der Waals surface area contributed by atoms with E-state index < -0.39 is 0 Å². The molecule has 0 saturated carbocycles. The Morgan fingerprint density at radius 1 is 0.897 bits per heavy atom. The number of ether oxygens (including phenoxy) is 2. The normalized spacial score (nSPS) is 10.4. The molecular formula is C25H27NO3. The molecule has 0 aliphatic heterocycles. The van der Waals surface area contributed by atoms with Gasteiger partial charge in [0.25, 0.3) is 5.91 Å². The molecule has 0 spiro atoms. The van der Waals surface area contributed by atoms with E-state index in [4.69, 9.17) is 9.47 Å². The molecule has 0 fully saturated rings. The van der Waals surface area contributed by atoms with Crippen LogP contribution >= 0.6 is 0 Å². The van der Waals surface area contributed by atoms with E-state index in [0.29, 0.717) is 25.3 Å². The van der Waals surface area contributed by atoms with E-state index in [9.17, 15) is 4.79 Å². The van der Waals surface area contributed by atoms with Gasteiger partial charge in [0.15, 0.2) is 0 Å². The fraction of sp³-hybridized carbons (Fsp3) is 0.240. The molecule has 150 valence electrons. The lowest BCUT2D eigenvalue weighted by Crippen LogP contribution is -2.23. The third-order valence-electron chi connectivity index (χ3n) is 4.67. The van der Waals surface area contributed by atoms with Gasteiger partial charge < -0.3 is 14.8 Å². The number of para-hydroxylation sites is 1. The SMILES string of the molecule is CCOc1ccc(C(=O)NCc2ccc(C)cc2)cc1COc1ccccc1C. The van der Waals surface area contributed by atoms with Crippen molar-refractivity contribution in [3.05, 3.63) is 94.5 Å². The molecule has 0 heterocycles. The van der Waals surface area contributed by atoms with Gasteiger partial charge >= 0.3 is 0 Å². The van der Waals surface area contributed by atoms with Crippen molar-refractivity contribution in [3.63, 3.8) is 0 Å². The Balaban J connectivity index is 1.71. The van der Waals surface area contributed by atoms with Crippen molar-refractivity contribution in [2.24, 2.45) is 0 Å². The molecule has 4 heteroatoms. The topological polar surface area (TPSA) is 47.6 Å². The lowest BCUT2D eigenvalue weighted by molar-refractivity contribution is 0.0950. The summed E-state index contributed by atoms with van der Waals surface area (Å²) in [5.74, 6) is 1.44. The Labute approximate surface area is 172 Å². The van der Waals surface area contributed by atoms with Gasteiger partial charge in [-0.15, -0.1) is 0 Å². The lowest BCUT2D eigenvalue weighted by Gasteiger charge is -2.14. The second-order valence-electron chi connectivity index (χ2n) is 6.98. The maximum atomic E-state index is 12.6. The standard InChI is InChI=1S/C25H27NO3/c1-4-28-24-14-13-21(25(27)26-16-20-11-9-18(2)10-12-20)15-22(24)17-29-23-8-6-5-7-19(23)3/h5-15H,4,16-17H2,1-3H3,(H,26,27). The molecule has 0 aliphatic rings. The fourth-order valence-corrected chi connectivity index (χ4v) is 2.99. The first-order valence-corrected chi connectivity index (χ1v) is 9.84. The van der Waals surface area contributed by atoms with Crippen LogP contribution in [-0.4, -0.2) is 12.5 Å². The average Bonchev–Trinajstić information content (AvgIpc) is 2.73. The van der Waals surface area contributed by atoms with E-state index in [1.165, 1.54) is 5.56 Å². The van der Waals surface area contributed by atoms with Crippen LogP contribution in [0.1, 0.15) is 39.5 Å². The first-order valence-electron chi connectivity index (χ1n) is 9.84. The number of aryl methyl sites for hydroxylation is 2. The molecule has 1 N–H and O–H groups in total. The average molecular weight is 389 g/mol. The van der Waals surface area contributed by atoms with Crippen LogP contribution in [-0.2, 0) is 13.2 Å². The minimum atomic E-state index is -0.120. The van der Waals surface area contributed by atoms with Crippen molar-refractivity contribution in [2.75, 3.05) is 6.61 Å². The number of hydrogen-bond donors (Lipinski definition) is 1. The van der Waals surface area contributed by atoms with E-state index in [0.717, 1.165) is 28.2 Å². The van der Waals surface area contributed by atoms with Crippen LogP contribution in [0.4, 0.5) is 0 Å². The second-order valence-corrected chi connectivity index (χ2v) is 6.98. The van der Waals surface area contributed by atoms with Crippen LogP contribution in [0.15, 0.2) is 66.7 Å². The van der Waals surface area contributed by atoms with Gasteiger partial charge in [0.2, 0.25) is 0 Å². The first-order chi connectivity index (χ1) is 14.1. The molecule has 0 aromatic heterocycles. The van der Waals surface area contributed by atoms with E-state index in [-0.39, 0.29) is 5.91 Å². The summed E-state index contributed by atoms with van der Waals surface area (Å²) in [4.78, 5) is 12.6. The van der Waals surface area contributed by atoms with Crippen molar-refractivity contribution < 1.29 is 14.3 Å². The largest absolute Gasteiger partial charge is 0.493 e. The highest BCUT2D eigenvalue weighted by Gasteiger charge is 2.12. The minimum absolute atomic E-state index is 0.120. The minimum Gasteiger partial charge on any atom is -0.493 e. The van der Waals surface area contributed by atoms with Crippen molar-refractivity contribution >= 4 is 5.91 Å². The zero-order valence-electron chi connectivity index (χ0n) is 17.2. The molecule has 29 heavy (non-hydrogen) atoms. The second kappa shape index (κ2) is 9.78. The molecule has 0 saturated heterocycles. The Bertz CT molecular complexity index is 964. The molecule has 1 amide bonds. The monoisotopic (exact) mass is 389 g/mol. The quantitative estimate of drug-likeness (QED) is 0.575. The maximum Gasteiger partial charge on any atom is 0.251 e. The maximum absolute atomic E-state index is 12.6. The van der Waals surface area contributed by atoms with Crippen LogP contribution < -0.4 is 14.8 Å². The third-order valence-corrected chi connectivity index (χ3v) is 4.67. The Hall–Kier alpha value is -3.27. The van der Waals surface area contributed by atoms with Crippen molar-refractivity contribution in [1.29, 1.82) is 0 Å². The highest BCUT2D eigenvalue weighted by atomic mass is 16.5. The highest BCUT2D eigenvalue weighted by molar-refractivity contribution is 5.94. The van der Waals surface area contributed by atoms with Gasteiger partial charge in [-0.2, -0.15) is 0 Å². The summed E-state index contributed by atoms with van der Waals surface area (Å²) < 4.78 is 11.7. The highest BCUT2D eigenvalue weighted by Crippen LogP contribution is 2.24. The van der Waals surface area contributed by atoms with Gasteiger partial charge in [-0.05, 0) is 56.2 Å². The molecule has 3 aromatic rings. The zero-order chi connectivity index (χ0) is 20.6. The van der Waals surface area contributed by atoms with E-state index >= 15 is 0 Å². The molecule has 4 nitrogen and oxygen atoms in total. The smallest absolute Gasteiger partial charge is 0.251 e. The van der Waals surface area contributed by atoms with Crippen LogP contribution in [0.25, 0.3) is 0 Å². The predicted molar refractivity (Wildman–Crippen MR) is 115 cm³/mol. The molecule has 0 bridgehead atoms. The Morgan fingerprint density at radius 3 is 2.38 bits per heavy atom. The number of amides is 1. The summed E-state index contributed by atoms with van der Waals surface area (Å²) in [6.45, 7) is 7.36. The Morgan fingerprint density at radius 2 is 1.66 bits per heavy atom. The summed E-state index contributed by atoms with van der Waals surface area (Å²) >= 11 is 0. The van der Waals surface area contributed by atoms with Crippen molar-refractivity contribution in [1.82, 2.24) is 5.32 Å². The zero-order valence-corrected chi connectivity index (χ0v) is 17.2. The van der Waals surface area contributed by atoms with E-state index in [1.54, 1.807) is 6.07 Å². The molecule has 0 atom stereocenters. The van der Waals surface area contributed by atoms with E-state index in [1.807, 2.05) is 81.4 Å². The molecular weight excluding hydrogens is 362 g/mol. The van der Waals surface area contributed by atoms with Crippen LogP contribution in [0.2, 0.25) is 0 Å². The van der Waals surface area contributed by atoms with Gasteiger partial charge in [0, 0.05) is 17.7 Å². The number of carbonyl (C=O) groups excluding carboxylic acids is 1. The molecule has 3 rings (SSSR count). The first kappa shape index (κ1) is 20.5. The molecule has 0 aliphatic carbocycles. The lowest BCUT2D eigenvalue weighted by atomic mass is 10.1. The number of hydrogen-bond acceptors (Lipinski definition) is 3. The molecule has 0 radical (unpaired) electrons. The van der Waals surface area contributed by atoms with Gasteiger partial charge in [0.05, 0.1) is 6.61 Å². The van der Waals surface area contributed by atoms with Crippen LogP contribution in [0.5, 0.6) is 11.5 Å². The fourth-order valence-electron chi connectivity index (χ4n) is 2.99. The summed E-state index contributed by atoms with van der Waals surface area (Å²) in [6.07, 6.45) is 0. The van der Waals surface area contributed by atoms with E-state index in [2.05, 4.69) is 5.32 Å². The third kappa shape index (κ3) is 5.61. The number of benzene rings is 3. The number of carbonyl (C=O) groups is 1. The van der Waals surface area contributed by atoms with Gasteiger partial charge in [0.1, 0.15) is 18.1 Å². The summed E-state index contributed by atoms with van der Waals surface area (Å²) in [5, 5.41) is 2.98. The van der Waals surface area contributed by atoms with Gasteiger partial charge in [-0.1, -0.05) is 48.0 Å². The molecule has 3 aromatic carbocycles. The number of rotatable bonds is 8. The summed E-state index contributed by atoms with van der Waals surface area (Å²) in [7, 11) is 0. The van der Waals surface area contributed by atoms with Crippen molar-refractivity contribution in [3.8, 4) is 11.5 Å². The predicted octanol–water partition coefficient (Wildman–Crippen LogP) is 5.21. The van der Waals surface area contributed by atoms with Crippen LogP contribution in [0, 0.1) is 13.8 Å². The summed E-state index contributed by atoms with van der Waals surface area (Å²) in [6, 6.07) is 21.5. The van der Waals surface area contributed by atoms with Gasteiger partial charge in [-0.3, -0.25) is 4.79 Å². The van der Waals surface area contributed by atoms with Crippen LogP contribution in [0.3, 0.4) is 0 Å². The summed E-state index contributed by atoms with van der Waals surface area (Å²) in [5.41, 5.74) is 4.77. The molecule has 0 unspecified atom stereocenters. The van der Waals surface area contributed by atoms with Gasteiger partial charge in [-0.25, -0.2) is 0 Å².